The highest BCUT2D eigenvalue weighted by Gasteiger charge is 2.18. The van der Waals surface area contributed by atoms with E-state index in [1.54, 1.807) is 36.4 Å². The Balaban J connectivity index is 2.19. The minimum absolute atomic E-state index is 0.0818. The average Bonchev–Trinajstić information content (AvgIpc) is 2.86. The molecule has 2 aromatic carbocycles. The van der Waals surface area contributed by atoms with E-state index in [-0.39, 0.29) is 22.8 Å². The van der Waals surface area contributed by atoms with Crippen LogP contribution in [0, 0.1) is 0 Å². The van der Waals surface area contributed by atoms with Crippen molar-refractivity contribution in [1.29, 1.82) is 0 Å². The number of nitrogens with zero attached hydrogens (tertiary/aromatic N) is 2. The third-order valence-electron chi connectivity index (χ3n) is 3.40. The molecule has 4 rings (SSSR count). The number of rotatable bonds is 1. The molecule has 0 unspecified atom stereocenters. The monoisotopic (exact) mass is 278 g/mol. The first-order valence-corrected chi connectivity index (χ1v) is 6.44. The number of aromatic nitrogens is 2. The molecule has 4 aromatic rings. The number of oxazole rings is 1. The second-order valence-corrected chi connectivity index (χ2v) is 4.67. The van der Waals surface area contributed by atoms with Gasteiger partial charge in [-0.15, -0.1) is 0 Å². The van der Waals surface area contributed by atoms with Crippen LogP contribution in [-0.4, -0.2) is 14.5 Å². The molecule has 1 N–H and O–H groups in total. The van der Waals surface area contributed by atoms with Crippen molar-refractivity contribution in [2.45, 2.75) is 0 Å². The van der Waals surface area contributed by atoms with Crippen molar-refractivity contribution in [1.82, 2.24) is 9.38 Å². The Morgan fingerprint density at radius 2 is 1.71 bits per heavy atom. The summed E-state index contributed by atoms with van der Waals surface area (Å²) in [4.78, 5) is 16.7. The van der Waals surface area contributed by atoms with Gasteiger partial charge in [0.15, 0.2) is 5.58 Å². The largest absolute Gasteiger partial charge is 0.493 e. The van der Waals surface area contributed by atoms with Crippen LogP contribution >= 0.6 is 0 Å². The van der Waals surface area contributed by atoms with E-state index in [2.05, 4.69) is 4.98 Å². The Bertz CT molecular complexity index is 1020. The molecule has 0 spiro atoms. The lowest BCUT2D eigenvalue weighted by molar-refractivity contribution is 0.450. The summed E-state index contributed by atoms with van der Waals surface area (Å²) in [7, 11) is 0. The molecule has 5 nitrogen and oxygen atoms in total. The van der Waals surface area contributed by atoms with E-state index in [9.17, 15) is 9.90 Å². The van der Waals surface area contributed by atoms with E-state index in [0.29, 0.717) is 16.7 Å². The van der Waals surface area contributed by atoms with Crippen molar-refractivity contribution in [3.63, 3.8) is 0 Å². The van der Waals surface area contributed by atoms with Crippen LogP contribution in [0.5, 0.6) is 5.88 Å². The molecule has 5 heteroatoms. The fraction of sp³-hybridized carbons (Fsp3) is 0. The number of benzene rings is 2. The first-order valence-electron chi connectivity index (χ1n) is 6.44. The van der Waals surface area contributed by atoms with E-state index < -0.39 is 0 Å². The molecule has 2 heterocycles. The molecule has 21 heavy (non-hydrogen) atoms. The Hall–Kier alpha value is -3.08. The van der Waals surface area contributed by atoms with Gasteiger partial charge in [0.25, 0.3) is 5.56 Å². The molecule has 0 aliphatic heterocycles. The second-order valence-electron chi connectivity index (χ2n) is 4.67. The minimum Gasteiger partial charge on any atom is -0.493 e. The molecule has 0 bridgehead atoms. The van der Waals surface area contributed by atoms with E-state index in [0.717, 1.165) is 0 Å². The SMILES string of the molecule is O=c1c(-c2ccccc2)c(O)nc2oc3ccccc3n12. The summed E-state index contributed by atoms with van der Waals surface area (Å²) in [5, 5.41) is 10.1. The quantitative estimate of drug-likeness (QED) is 0.581. The van der Waals surface area contributed by atoms with Gasteiger partial charge in [-0.3, -0.25) is 4.79 Å². The van der Waals surface area contributed by atoms with Gasteiger partial charge in [-0.05, 0) is 17.7 Å². The summed E-state index contributed by atoms with van der Waals surface area (Å²) in [6.07, 6.45) is 0. The van der Waals surface area contributed by atoms with Crippen molar-refractivity contribution in [2.75, 3.05) is 0 Å². The van der Waals surface area contributed by atoms with Crippen LogP contribution in [0.15, 0.2) is 63.8 Å². The average molecular weight is 278 g/mol. The van der Waals surface area contributed by atoms with Crippen molar-refractivity contribution in [3.05, 3.63) is 65.0 Å². The van der Waals surface area contributed by atoms with Gasteiger partial charge in [-0.25, -0.2) is 4.40 Å². The zero-order chi connectivity index (χ0) is 14.4. The lowest BCUT2D eigenvalue weighted by Gasteiger charge is -2.03. The van der Waals surface area contributed by atoms with E-state index >= 15 is 0 Å². The molecule has 2 aromatic heterocycles. The zero-order valence-electron chi connectivity index (χ0n) is 10.9. The summed E-state index contributed by atoms with van der Waals surface area (Å²) in [6.45, 7) is 0. The standard InChI is InChI=1S/C16H10N2O3/c19-14-13(10-6-2-1-3-7-10)15(20)18-11-8-4-5-9-12(11)21-16(18)17-14/h1-9,19H. The molecule has 0 atom stereocenters. The van der Waals surface area contributed by atoms with Gasteiger partial charge in [0.2, 0.25) is 5.88 Å². The van der Waals surface area contributed by atoms with Gasteiger partial charge in [0.1, 0.15) is 5.56 Å². The second kappa shape index (κ2) is 4.21. The Kier molecular flexibility index (Phi) is 2.35. The van der Waals surface area contributed by atoms with Gasteiger partial charge in [0, 0.05) is 0 Å². The molecule has 0 radical (unpaired) electrons. The van der Waals surface area contributed by atoms with Crippen LogP contribution in [0.25, 0.3) is 28.1 Å². The van der Waals surface area contributed by atoms with Crippen LogP contribution < -0.4 is 5.56 Å². The first-order chi connectivity index (χ1) is 10.3. The van der Waals surface area contributed by atoms with Gasteiger partial charge < -0.3 is 9.52 Å². The molecule has 102 valence electrons. The lowest BCUT2D eigenvalue weighted by Crippen LogP contribution is -2.15. The summed E-state index contributed by atoms with van der Waals surface area (Å²) in [5.41, 5.74) is 1.61. The first kappa shape index (κ1) is 11.7. The van der Waals surface area contributed by atoms with Gasteiger partial charge >= 0.3 is 5.84 Å². The molecule has 0 aliphatic rings. The van der Waals surface area contributed by atoms with Gasteiger partial charge in [0.05, 0.1) is 5.52 Å². The van der Waals surface area contributed by atoms with E-state index in [1.807, 2.05) is 18.2 Å². The van der Waals surface area contributed by atoms with Crippen molar-refractivity contribution in [2.24, 2.45) is 0 Å². The molecule has 0 saturated carbocycles. The van der Waals surface area contributed by atoms with Crippen LogP contribution in [0.3, 0.4) is 0 Å². The number of hydrogen-bond acceptors (Lipinski definition) is 4. The maximum absolute atomic E-state index is 12.7. The summed E-state index contributed by atoms with van der Waals surface area (Å²) >= 11 is 0. The number of hydrogen-bond donors (Lipinski definition) is 1. The maximum Gasteiger partial charge on any atom is 0.313 e. The third kappa shape index (κ3) is 1.64. The van der Waals surface area contributed by atoms with Crippen molar-refractivity contribution >= 4 is 16.9 Å². The highest BCUT2D eigenvalue weighted by molar-refractivity contribution is 5.78. The summed E-state index contributed by atoms with van der Waals surface area (Å²) < 4.78 is 6.87. The maximum atomic E-state index is 12.7. The number of fused-ring (bicyclic) bond motifs is 3. The molecule has 0 amide bonds. The predicted molar refractivity (Wildman–Crippen MR) is 78.3 cm³/mol. The summed E-state index contributed by atoms with van der Waals surface area (Å²) in [5.74, 6) is -0.247. The highest BCUT2D eigenvalue weighted by atomic mass is 16.4. The van der Waals surface area contributed by atoms with E-state index in [4.69, 9.17) is 4.42 Å². The molecule has 0 fully saturated rings. The van der Waals surface area contributed by atoms with Crippen LogP contribution in [0.2, 0.25) is 0 Å². The van der Waals surface area contributed by atoms with Gasteiger partial charge in [-0.1, -0.05) is 42.5 Å². The Morgan fingerprint density at radius 1 is 1.00 bits per heavy atom. The van der Waals surface area contributed by atoms with Crippen molar-refractivity contribution < 1.29 is 9.52 Å². The zero-order valence-corrected chi connectivity index (χ0v) is 10.9. The van der Waals surface area contributed by atoms with Crippen LogP contribution in [0.1, 0.15) is 0 Å². The lowest BCUT2D eigenvalue weighted by atomic mass is 10.1. The fourth-order valence-corrected chi connectivity index (χ4v) is 2.46. The van der Waals surface area contributed by atoms with Crippen LogP contribution in [0.4, 0.5) is 0 Å². The molecular weight excluding hydrogens is 268 g/mol. The van der Waals surface area contributed by atoms with Crippen LogP contribution in [-0.2, 0) is 0 Å². The normalized spacial score (nSPS) is 11.2. The van der Waals surface area contributed by atoms with E-state index in [1.165, 1.54) is 4.40 Å². The molecule has 0 aliphatic carbocycles. The summed E-state index contributed by atoms with van der Waals surface area (Å²) in [6, 6.07) is 16.1. The molecular formula is C16H10N2O3. The third-order valence-corrected chi connectivity index (χ3v) is 3.40. The Morgan fingerprint density at radius 3 is 2.52 bits per heavy atom. The number of para-hydroxylation sites is 2. The minimum atomic E-state index is -0.353. The Labute approximate surface area is 118 Å². The topological polar surface area (TPSA) is 67.7 Å². The number of aromatic hydroxyl groups is 1. The molecule has 0 saturated heterocycles. The van der Waals surface area contributed by atoms with Gasteiger partial charge in [-0.2, -0.15) is 4.98 Å². The predicted octanol–water partition coefficient (Wildman–Crippen LogP) is 2.81. The smallest absolute Gasteiger partial charge is 0.313 e. The fourth-order valence-electron chi connectivity index (χ4n) is 2.46. The highest BCUT2D eigenvalue weighted by Crippen LogP contribution is 2.26. The van der Waals surface area contributed by atoms with Crippen molar-refractivity contribution in [3.8, 4) is 17.0 Å².